The molecule has 92 valence electrons. The number of nitrogens with zero attached hydrogens (tertiary/aromatic N) is 1. The number of methoxy groups -OCH3 is 1. The predicted octanol–water partition coefficient (Wildman–Crippen LogP) is 1.87. The van der Waals surface area contributed by atoms with E-state index in [0.29, 0.717) is 16.6 Å². The largest absolute Gasteiger partial charge is 0.465 e. The van der Waals surface area contributed by atoms with Gasteiger partial charge in [0.25, 0.3) is 0 Å². The Balaban J connectivity index is 0.00000128. The first-order chi connectivity index (χ1) is 7.20. The van der Waals surface area contributed by atoms with E-state index >= 15 is 0 Å². The molecule has 0 spiro atoms. The Labute approximate surface area is 118 Å². The number of aromatic nitrogens is 2. The maximum atomic E-state index is 11.2. The molecular formula is C10H10Br2N2O3. The molecule has 0 saturated heterocycles. The van der Waals surface area contributed by atoms with Gasteiger partial charge < -0.3 is 9.72 Å². The molecule has 0 aliphatic rings. The zero-order chi connectivity index (χ0) is 10.8. The second-order valence-corrected chi connectivity index (χ2v) is 2.97. The van der Waals surface area contributed by atoms with Gasteiger partial charge in [0.2, 0.25) is 5.56 Å². The number of carbonyl (C=O) groups is 1. The molecule has 0 aromatic carbocycles. The van der Waals surface area contributed by atoms with E-state index in [1.54, 1.807) is 6.07 Å². The van der Waals surface area contributed by atoms with Crippen LogP contribution in [0.15, 0.2) is 29.2 Å². The van der Waals surface area contributed by atoms with Crippen LogP contribution >= 0.6 is 34.0 Å². The van der Waals surface area contributed by atoms with E-state index in [-0.39, 0.29) is 39.5 Å². The second-order valence-electron chi connectivity index (χ2n) is 2.97. The highest BCUT2D eigenvalue weighted by Crippen LogP contribution is 2.09. The number of pyridine rings is 2. The van der Waals surface area contributed by atoms with Crippen molar-refractivity contribution in [3.8, 4) is 0 Å². The van der Waals surface area contributed by atoms with Gasteiger partial charge in [0.15, 0.2) is 0 Å². The van der Waals surface area contributed by atoms with Gasteiger partial charge in [-0.05, 0) is 12.1 Å². The second kappa shape index (κ2) is 6.51. The number of rotatable bonds is 1. The summed E-state index contributed by atoms with van der Waals surface area (Å²) in [5, 5.41) is 0. The first kappa shape index (κ1) is 15.8. The third kappa shape index (κ3) is 3.37. The van der Waals surface area contributed by atoms with Crippen molar-refractivity contribution < 1.29 is 9.53 Å². The zero-order valence-electron chi connectivity index (χ0n) is 8.80. The number of aromatic amines is 1. The van der Waals surface area contributed by atoms with E-state index in [1.165, 1.54) is 25.4 Å². The van der Waals surface area contributed by atoms with Gasteiger partial charge in [-0.3, -0.25) is 9.78 Å². The van der Waals surface area contributed by atoms with E-state index in [4.69, 9.17) is 0 Å². The molecular weight excluding hydrogens is 356 g/mol. The smallest absolute Gasteiger partial charge is 0.339 e. The summed E-state index contributed by atoms with van der Waals surface area (Å²) in [6, 6.07) is 4.51. The monoisotopic (exact) mass is 364 g/mol. The van der Waals surface area contributed by atoms with Crippen LogP contribution in [0.4, 0.5) is 0 Å². The van der Waals surface area contributed by atoms with Crippen LogP contribution in [0.3, 0.4) is 0 Å². The molecule has 0 fully saturated rings. The number of H-pyrrole nitrogens is 1. The Kier molecular flexibility index (Phi) is 6.04. The van der Waals surface area contributed by atoms with Crippen molar-refractivity contribution in [3.05, 3.63) is 40.3 Å². The number of halogens is 2. The number of esters is 1. The average Bonchev–Trinajstić information content (AvgIpc) is 2.27. The zero-order valence-corrected chi connectivity index (χ0v) is 12.2. The van der Waals surface area contributed by atoms with Crippen molar-refractivity contribution >= 4 is 51.0 Å². The van der Waals surface area contributed by atoms with E-state index in [9.17, 15) is 9.59 Å². The number of nitrogens with one attached hydrogen (secondary N) is 1. The number of ether oxygens (including phenoxy) is 1. The summed E-state index contributed by atoms with van der Waals surface area (Å²) in [6.07, 6.45) is 1.41. The van der Waals surface area contributed by atoms with Gasteiger partial charge in [0.1, 0.15) is 0 Å². The minimum Gasteiger partial charge on any atom is -0.465 e. The minimum atomic E-state index is -0.478. The fourth-order valence-electron chi connectivity index (χ4n) is 1.27. The van der Waals surface area contributed by atoms with Crippen LogP contribution in [0.5, 0.6) is 0 Å². The van der Waals surface area contributed by atoms with Gasteiger partial charge in [0.05, 0.1) is 23.7 Å². The highest BCUT2D eigenvalue weighted by atomic mass is 79.9. The molecule has 0 radical (unpaired) electrons. The Morgan fingerprint density at radius 1 is 1.35 bits per heavy atom. The molecule has 7 heteroatoms. The third-order valence-corrected chi connectivity index (χ3v) is 1.99. The Hall–Kier alpha value is -1.21. The topological polar surface area (TPSA) is 72.0 Å². The van der Waals surface area contributed by atoms with E-state index in [2.05, 4.69) is 14.7 Å². The van der Waals surface area contributed by atoms with Gasteiger partial charge in [-0.15, -0.1) is 34.0 Å². The van der Waals surface area contributed by atoms with Crippen molar-refractivity contribution in [1.82, 2.24) is 9.97 Å². The Morgan fingerprint density at radius 2 is 2.06 bits per heavy atom. The maximum absolute atomic E-state index is 11.2. The molecule has 2 aromatic rings. The van der Waals surface area contributed by atoms with Crippen molar-refractivity contribution in [2.24, 2.45) is 0 Å². The Bertz CT molecular complexity index is 583. The average molecular weight is 366 g/mol. The molecule has 0 atom stereocenters. The number of hydrogen-bond donors (Lipinski definition) is 1. The van der Waals surface area contributed by atoms with E-state index in [1.807, 2.05) is 0 Å². The van der Waals surface area contributed by atoms with Crippen LogP contribution in [0.2, 0.25) is 0 Å². The predicted molar refractivity (Wildman–Crippen MR) is 74.3 cm³/mol. The van der Waals surface area contributed by atoms with Crippen LogP contribution < -0.4 is 5.56 Å². The molecule has 0 amide bonds. The van der Waals surface area contributed by atoms with Crippen LogP contribution in [0.25, 0.3) is 11.0 Å². The maximum Gasteiger partial charge on any atom is 0.339 e. The molecule has 0 aliphatic heterocycles. The number of hydrogen-bond acceptors (Lipinski definition) is 4. The standard InChI is InChI=1S/C10H8N2O3.2BrH/c1-15-10(14)6-4-8-7(11-5-6)2-3-9(13)12-8;;/h2-5H,1H3,(H,12,13);2*1H. The lowest BCUT2D eigenvalue weighted by molar-refractivity contribution is 0.0600. The molecule has 17 heavy (non-hydrogen) atoms. The molecule has 0 unspecified atom stereocenters. The highest BCUT2D eigenvalue weighted by Gasteiger charge is 2.06. The van der Waals surface area contributed by atoms with Crippen LogP contribution in [0, 0.1) is 0 Å². The van der Waals surface area contributed by atoms with E-state index in [0.717, 1.165) is 0 Å². The molecule has 5 nitrogen and oxygen atoms in total. The molecule has 2 aromatic heterocycles. The van der Waals surface area contributed by atoms with Crippen molar-refractivity contribution in [2.45, 2.75) is 0 Å². The molecule has 0 saturated carbocycles. The highest BCUT2D eigenvalue weighted by molar-refractivity contribution is 8.93. The Morgan fingerprint density at radius 3 is 2.71 bits per heavy atom. The summed E-state index contributed by atoms with van der Waals surface area (Å²) in [6.45, 7) is 0. The lowest BCUT2D eigenvalue weighted by Crippen LogP contribution is -2.06. The summed E-state index contributed by atoms with van der Waals surface area (Å²) in [5.41, 5.74) is 1.23. The lowest BCUT2D eigenvalue weighted by atomic mass is 10.2. The first-order valence-corrected chi connectivity index (χ1v) is 4.28. The van der Waals surface area contributed by atoms with Crippen LogP contribution in [-0.2, 0) is 4.74 Å². The van der Waals surface area contributed by atoms with Gasteiger partial charge in [-0.2, -0.15) is 0 Å². The van der Waals surface area contributed by atoms with Gasteiger partial charge in [-0.1, -0.05) is 0 Å². The molecule has 0 bridgehead atoms. The summed E-state index contributed by atoms with van der Waals surface area (Å²) in [7, 11) is 1.29. The van der Waals surface area contributed by atoms with Crippen molar-refractivity contribution in [2.75, 3.05) is 7.11 Å². The lowest BCUT2D eigenvalue weighted by Gasteiger charge is -2.00. The summed E-state index contributed by atoms with van der Waals surface area (Å²) >= 11 is 0. The van der Waals surface area contributed by atoms with Crippen LogP contribution in [0.1, 0.15) is 10.4 Å². The minimum absolute atomic E-state index is 0. The summed E-state index contributed by atoms with van der Waals surface area (Å²) in [4.78, 5) is 28.8. The number of carbonyl (C=O) groups excluding carboxylic acids is 1. The quantitative estimate of drug-likeness (QED) is 0.783. The molecule has 2 rings (SSSR count). The van der Waals surface area contributed by atoms with E-state index < -0.39 is 5.97 Å². The first-order valence-electron chi connectivity index (χ1n) is 4.28. The molecule has 2 heterocycles. The summed E-state index contributed by atoms with van der Waals surface area (Å²) in [5.74, 6) is -0.478. The SMILES string of the molecule is Br.Br.COC(=O)c1cnc2ccc(=O)[nH]c2c1. The number of fused-ring (bicyclic) bond motifs is 1. The van der Waals surface area contributed by atoms with Crippen molar-refractivity contribution in [1.29, 1.82) is 0 Å². The van der Waals surface area contributed by atoms with Gasteiger partial charge in [-0.25, -0.2) is 4.79 Å². The van der Waals surface area contributed by atoms with Gasteiger partial charge >= 0.3 is 5.97 Å². The normalized spacial score (nSPS) is 9.00. The van der Waals surface area contributed by atoms with Crippen molar-refractivity contribution in [3.63, 3.8) is 0 Å². The molecule has 1 N–H and O–H groups in total. The summed E-state index contributed by atoms with van der Waals surface area (Å²) < 4.78 is 4.54. The van der Waals surface area contributed by atoms with Crippen LogP contribution in [-0.4, -0.2) is 23.0 Å². The third-order valence-electron chi connectivity index (χ3n) is 1.99. The molecule has 0 aliphatic carbocycles. The fourth-order valence-corrected chi connectivity index (χ4v) is 1.27. The fraction of sp³-hybridized carbons (Fsp3) is 0.100. The van der Waals surface area contributed by atoms with Gasteiger partial charge in [0, 0.05) is 12.3 Å².